The minimum absolute atomic E-state index is 0.0339. The van der Waals surface area contributed by atoms with Gasteiger partial charge in [0.2, 0.25) is 59.1 Å². The van der Waals surface area contributed by atoms with Gasteiger partial charge in [-0.25, -0.2) is 4.79 Å². The molecule has 10 amide bonds. The van der Waals surface area contributed by atoms with E-state index in [0.29, 0.717) is 5.56 Å². The van der Waals surface area contributed by atoms with E-state index in [2.05, 4.69) is 46.7 Å². The summed E-state index contributed by atoms with van der Waals surface area (Å²) in [4.78, 5) is 212. The van der Waals surface area contributed by atoms with E-state index < -0.39 is 242 Å². The lowest BCUT2D eigenvalue weighted by Gasteiger charge is -2.34. The zero-order valence-electron chi connectivity index (χ0n) is 53.7. The molecule has 2 aliphatic heterocycles. The Labute approximate surface area is 561 Å². The number of carboxylic acid groups (broad SMARTS) is 6. The number of carbonyl (C=O) groups excluding carboxylic acids is 10. The highest BCUT2D eigenvalue weighted by Gasteiger charge is 2.44. The molecule has 0 bridgehead atoms. The van der Waals surface area contributed by atoms with Crippen molar-refractivity contribution in [2.75, 3.05) is 13.1 Å². The molecular formula is C61H82N10O26S. The Bertz CT molecular complexity index is 3380. The van der Waals surface area contributed by atoms with E-state index in [0.717, 1.165) is 28.9 Å². The van der Waals surface area contributed by atoms with Crippen LogP contribution in [0, 0.1) is 5.92 Å². The minimum atomic E-state index is -4.97. The van der Waals surface area contributed by atoms with Crippen molar-refractivity contribution in [3.63, 3.8) is 0 Å². The van der Waals surface area contributed by atoms with Crippen LogP contribution >= 0.6 is 0 Å². The van der Waals surface area contributed by atoms with E-state index in [1.54, 1.807) is 44.2 Å². The second-order valence-corrected chi connectivity index (χ2v) is 24.4. The Morgan fingerprint density at radius 3 is 1.37 bits per heavy atom. The van der Waals surface area contributed by atoms with Gasteiger partial charge in [-0.1, -0.05) is 62.7 Å². The molecule has 4 rings (SSSR count). The zero-order chi connectivity index (χ0) is 73.1. The van der Waals surface area contributed by atoms with Crippen LogP contribution in [0.15, 0.2) is 54.6 Å². The smallest absolute Gasteiger partial charge is 0.446 e. The monoisotopic (exact) mass is 1400 g/mol. The summed E-state index contributed by atoms with van der Waals surface area (Å²) in [7, 11) is -4.97. The Kier molecular flexibility index (Phi) is 31.4. The third-order valence-corrected chi connectivity index (χ3v) is 16.4. The van der Waals surface area contributed by atoms with Crippen molar-refractivity contribution in [1.29, 1.82) is 0 Å². The molecule has 11 atom stereocenters. The molecule has 98 heavy (non-hydrogen) atoms. The third kappa shape index (κ3) is 26.7. The number of carbonyl (C=O) groups is 16. The summed E-state index contributed by atoms with van der Waals surface area (Å²) in [5.41, 5.74) is 0.718. The van der Waals surface area contributed by atoms with Crippen LogP contribution in [0.1, 0.15) is 128 Å². The third-order valence-electron chi connectivity index (χ3n) is 16.0. The summed E-state index contributed by atoms with van der Waals surface area (Å²) in [6.07, 6.45) is -6.32. The maximum absolute atomic E-state index is 14.7. The molecule has 15 N–H and O–H groups in total. The highest BCUT2D eigenvalue weighted by atomic mass is 32.3. The fourth-order valence-corrected chi connectivity index (χ4v) is 11.0. The van der Waals surface area contributed by atoms with E-state index in [-0.39, 0.29) is 62.9 Å². The van der Waals surface area contributed by atoms with Gasteiger partial charge in [0.1, 0.15) is 66.2 Å². The summed E-state index contributed by atoms with van der Waals surface area (Å²) < 4.78 is 35.9. The average molecular weight is 1400 g/mol. The SMILES string of the molecule is CC[C@H](C)[C@H](NC(=O)[C@@H]1CCCN1C(=O)[C@H](CCC(=O)O)NC(=O)[C@H](Cc1ccccc1)NC(=O)CCC(=O)O)C(=O)N1CCC[C@H]1C(=O)N[C@@H](CCC(=O)O)C(=O)N[C@@H](CCC(=O)O)C(=O)N[C@@H](C)C(=O)N[C@@H](Cc1ccc(OS(=O)(=O)O)cc1)C(=O)N[C@@H](CCC(=O)O)C(=O)O. The van der Waals surface area contributed by atoms with E-state index in [4.69, 9.17) is 14.8 Å². The second-order valence-electron chi connectivity index (χ2n) is 23.4. The van der Waals surface area contributed by atoms with Crippen molar-refractivity contribution in [2.45, 2.75) is 190 Å². The summed E-state index contributed by atoms with van der Waals surface area (Å²) in [5, 5.41) is 76.0. The van der Waals surface area contributed by atoms with Gasteiger partial charge in [0.25, 0.3) is 0 Å². The second kappa shape index (κ2) is 38.4. The lowest BCUT2D eigenvalue weighted by molar-refractivity contribution is -0.146. The minimum Gasteiger partial charge on any atom is -0.481 e. The number of benzene rings is 2. The molecule has 0 radical (unpaired) electrons. The van der Waals surface area contributed by atoms with Crippen LogP contribution in [0.4, 0.5) is 0 Å². The van der Waals surface area contributed by atoms with Crippen LogP contribution < -0.4 is 46.7 Å². The van der Waals surface area contributed by atoms with Gasteiger partial charge in [-0.05, 0) is 87.5 Å². The van der Waals surface area contributed by atoms with Crippen LogP contribution in [-0.2, 0) is 100.0 Å². The van der Waals surface area contributed by atoms with Crippen molar-refractivity contribution in [1.82, 2.24) is 52.3 Å². The molecule has 0 spiro atoms. The van der Waals surface area contributed by atoms with Crippen LogP contribution in [0.3, 0.4) is 0 Å². The van der Waals surface area contributed by atoms with Gasteiger partial charge in [-0.2, -0.15) is 8.42 Å². The molecule has 2 heterocycles. The zero-order valence-corrected chi connectivity index (χ0v) is 54.5. The highest BCUT2D eigenvalue weighted by Crippen LogP contribution is 2.25. The molecule has 0 aromatic heterocycles. The van der Waals surface area contributed by atoms with Gasteiger partial charge < -0.3 is 87.2 Å². The molecule has 538 valence electrons. The summed E-state index contributed by atoms with van der Waals surface area (Å²) >= 11 is 0. The fraction of sp³-hybridized carbons (Fsp3) is 0.541. The number of amides is 10. The molecule has 2 saturated heterocycles. The maximum atomic E-state index is 14.7. The molecule has 37 heteroatoms. The Morgan fingerprint density at radius 2 is 0.878 bits per heavy atom. The first-order valence-electron chi connectivity index (χ1n) is 31.2. The summed E-state index contributed by atoms with van der Waals surface area (Å²) in [5.74, 6) is -19.7. The number of nitrogens with zero attached hydrogens (tertiary/aromatic N) is 2. The van der Waals surface area contributed by atoms with Gasteiger partial charge in [0, 0.05) is 58.0 Å². The van der Waals surface area contributed by atoms with E-state index in [9.17, 15) is 106 Å². The lowest BCUT2D eigenvalue weighted by Crippen LogP contribution is -2.61. The van der Waals surface area contributed by atoms with Gasteiger partial charge >= 0.3 is 46.2 Å². The van der Waals surface area contributed by atoms with E-state index in [1.807, 2.05) is 0 Å². The van der Waals surface area contributed by atoms with Crippen LogP contribution in [0.5, 0.6) is 5.75 Å². The van der Waals surface area contributed by atoms with Gasteiger partial charge in [-0.15, -0.1) is 0 Å². The molecule has 2 aromatic rings. The predicted molar refractivity (Wildman–Crippen MR) is 334 cm³/mol. The first kappa shape index (κ1) is 80.1. The Morgan fingerprint density at radius 1 is 0.469 bits per heavy atom. The number of likely N-dealkylation sites (tertiary alicyclic amines) is 2. The molecule has 0 aliphatic carbocycles. The predicted octanol–water partition coefficient (Wildman–Crippen LogP) is -2.01. The number of rotatable bonds is 41. The van der Waals surface area contributed by atoms with Gasteiger partial charge in [0.15, 0.2) is 0 Å². The summed E-state index contributed by atoms with van der Waals surface area (Å²) in [6, 6.07) is -3.07. The van der Waals surface area contributed by atoms with Crippen LogP contribution in [-0.4, -0.2) is 222 Å². The summed E-state index contributed by atoms with van der Waals surface area (Å²) in [6.45, 7) is 4.26. The number of carboxylic acids is 6. The molecule has 36 nitrogen and oxygen atoms in total. The van der Waals surface area contributed by atoms with Crippen molar-refractivity contribution in [3.05, 3.63) is 65.7 Å². The molecule has 2 aliphatic rings. The topological polar surface area (TPSA) is 561 Å². The van der Waals surface area contributed by atoms with Crippen molar-refractivity contribution in [3.8, 4) is 5.75 Å². The average Bonchev–Trinajstić information content (AvgIpc) is 1.60. The Balaban J connectivity index is 1.54. The molecule has 0 unspecified atom stereocenters. The van der Waals surface area contributed by atoms with E-state index in [1.165, 1.54) is 12.1 Å². The van der Waals surface area contributed by atoms with Crippen LogP contribution in [0.25, 0.3) is 0 Å². The number of nitrogens with one attached hydrogen (secondary N) is 8. The van der Waals surface area contributed by atoms with Gasteiger partial charge in [0.05, 0.1) is 6.42 Å². The van der Waals surface area contributed by atoms with E-state index >= 15 is 0 Å². The standard InChI is InChI=1S/C61H82N10O26S/c1-4-32(2)51(69-58(89)44-13-8-28-70(44)59(90)39(20-25-48(77)78)66-55(86)41(30-34-10-6-5-7-11-34)63-45(72)22-27-50(81)82)60(91)71-29-9-12-43(71)57(88)65-38(19-24-47(75)76)54(85)64-37(18-23-46(73)74)53(84)62-33(3)52(83)68-42(56(87)67-40(61(92)93)21-26-49(79)80)31-35-14-16-36(17-15-35)97-98(94,95)96/h5-7,10-11,14-17,32-33,37-44,51H,4,8-9,12-13,18-31H2,1-3H3,(H,62,84)(H,63,72)(H,64,85)(H,65,88)(H,66,86)(H,67,87)(H,68,83)(H,69,89)(H,73,74)(H,75,76)(H,77,78)(H,79,80)(H,81,82)(H,92,93)(H,94,95,96)/t32-,33-,37-,38-,39-,40-,41-,42-,43-,44-,51-/m0/s1. The lowest BCUT2D eigenvalue weighted by atomic mass is 9.96. The van der Waals surface area contributed by atoms with Gasteiger partial charge in [-0.3, -0.25) is 76.5 Å². The highest BCUT2D eigenvalue weighted by molar-refractivity contribution is 7.81. The molecule has 2 aromatic carbocycles. The number of hydrogen-bond donors (Lipinski definition) is 15. The van der Waals surface area contributed by atoms with Crippen molar-refractivity contribution in [2.24, 2.45) is 5.92 Å². The van der Waals surface area contributed by atoms with Crippen molar-refractivity contribution >= 4 is 105 Å². The maximum Gasteiger partial charge on any atom is 0.446 e. The first-order chi connectivity index (χ1) is 46.1. The normalized spacial score (nSPS) is 17.0. The number of hydrogen-bond acceptors (Lipinski definition) is 19. The number of aliphatic carboxylic acids is 6. The van der Waals surface area contributed by atoms with Crippen LogP contribution in [0.2, 0.25) is 0 Å². The molecule has 0 saturated carbocycles. The fourth-order valence-electron chi connectivity index (χ4n) is 10.6. The largest absolute Gasteiger partial charge is 0.481 e. The quantitative estimate of drug-likeness (QED) is 0.0320. The Hall–Kier alpha value is -10.3. The first-order valence-corrected chi connectivity index (χ1v) is 32.6. The van der Waals surface area contributed by atoms with Crippen molar-refractivity contribution < 1.29 is 125 Å². The molecule has 2 fully saturated rings. The molecular weight excluding hydrogens is 1320 g/mol.